The number of nitrogens with zero attached hydrogens (tertiary/aromatic N) is 2. The van der Waals surface area contributed by atoms with Crippen LogP contribution in [0.1, 0.15) is 12.8 Å². The lowest BCUT2D eigenvalue weighted by atomic mass is 10.4. The first-order valence-corrected chi connectivity index (χ1v) is 5.53. The van der Waals surface area contributed by atoms with Crippen LogP contribution in [-0.4, -0.2) is 35.5 Å². The Morgan fingerprint density at radius 3 is 3.00 bits per heavy atom. The molecule has 2 rings (SSSR count). The van der Waals surface area contributed by atoms with Crippen molar-refractivity contribution in [1.82, 2.24) is 9.27 Å². The molecule has 1 saturated heterocycles. The standard InChI is InChI=1S/C9H14N2OS/c1-2-4-11(3-1)5-6-12-9-7-10-13-8-9/h7-8H,1-6H2. The molecule has 1 aliphatic heterocycles. The maximum Gasteiger partial charge on any atom is 0.150 e. The van der Waals surface area contributed by atoms with Crippen molar-refractivity contribution in [3.8, 4) is 5.75 Å². The van der Waals surface area contributed by atoms with Gasteiger partial charge < -0.3 is 4.74 Å². The molecule has 0 N–H and O–H groups in total. The molecule has 1 aromatic heterocycles. The Morgan fingerprint density at radius 1 is 1.46 bits per heavy atom. The molecular formula is C9H14N2OS. The van der Waals surface area contributed by atoms with Crippen LogP contribution < -0.4 is 4.74 Å². The summed E-state index contributed by atoms with van der Waals surface area (Å²) in [5.41, 5.74) is 0. The van der Waals surface area contributed by atoms with Crippen molar-refractivity contribution in [2.45, 2.75) is 12.8 Å². The van der Waals surface area contributed by atoms with E-state index in [-0.39, 0.29) is 0 Å². The second-order valence-corrected chi connectivity index (χ2v) is 3.91. The van der Waals surface area contributed by atoms with Gasteiger partial charge in [0.25, 0.3) is 0 Å². The summed E-state index contributed by atoms with van der Waals surface area (Å²) in [5, 5.41) is 1.93. The van der Waals surface area contributed by atoms with E-state index in [0.29, 0.717) is 0 Å². The van der Waals surface area contributed by atoms with Gasteiger partial charge in [0, 0.05) is 6.54 Å². The van der Waals surface area contributed by atoms with Gasteiger partial charge in [-0.1, -0.05) is 0 Å². The van der Waals surface area contributed by atoms with Crippen LogP contribution in [0.2, 0.25) is 0 Å². The lowest BCUT2D eigenvalue weighted by Gasteiger charge is -2.13. The number of hydrogen-bond acceptors (Lipinski definition) is 4. The maximum absolute atomic E-state index is 5.51. The van der Waals surface area contributed by atoms with Gasteiger partial charge in [0.1, 0.15) is 12.4 Å². The highest BCUT2D eigenvalue weighted by atomic mass is 32.1. The van der Waals surface area contributed by atoms with Crippen LogP contribution >= 0.6 is 11.5 Å². The van der Waals surface area contributed by atoms with Crippen LogP contribution in [0.3, 0.4) is 0 Å². The Hall–Kier alpha value is -0.610. The summed E-state index contributed by atoms with van der Waals surface area (Å²) in [6.07, 6.45) is 4.47. The predicted octanol–water partition coefficient (Wildman–Crippen LogP) is 1.62. The van der Waals surface area contributed by atoms with Crippen molar-refractivity contribution in [3.05, 3.63) is 11.6 Å². The van der Waals surface area contributed by atoms with E-state index in [1.165, 1.54) is 37.5 Å². The summed E-state index contributed by atoms with van der Waals surface area (Å²) in [7, 11) is 0. The van der Waals surface area contributed by atoms with Gasteiger partial charge in [-0.3, -0.25) is 4.90 Å². The van der Waals surface area contributed by atoms with Crippen molar-refractivity contribution >= 4 is 11.5 Å². The Balaban J connectivity index is 1.63. The largest absolute Gasteiger partial charge is 0.490 e. The van der Waals surface area contributed by atoms with Gasteiger partial charge >= 0.3 is 0 Å². The van der Waals surface area contributed by atoms with E-state index >= 15 is 0 Å². The zero-order valence-electron chi connectivity index (χ0n) is 7.61. The molecule has 3 nitrogen and oxygen atoms in total. The van der Waals surface area contributed by atoms with E-state index in [0.717, 1.165) is 18.9 Å². The molecule has 0 bridgehead atoms. The van der Waals surface area contributed by atoms with Gasteiger partial charge in [0.2, 0.25) is 0 Å². The quantitative estimate of drug-likeness (QED) is 0.735. The van der Waals surface area contributed by atoms with Crippen LogP contribution in [-0.2, 0) is 0 Å². The fraction of sp³-hybridized carbons (Fsp3) is 0.667. The highest BCUT2D eigenvalue weighted by Crippen LogP contribution is 2.11. The number of likely N-dealkylation sites (tertiary alicyclic amines) is 1. The highest BCUT2D eigenvalue weighted by Gasteiger charge is 2.10. The molecule has 2 heterocycles. The van der Waals surface area contributed by atoms with E-state index in [4.69, 9.17) is 4.74 Å². The maximum atomic E-state index is 5.51. The molecule has 1 aliphatic rings. The van der Waals surface area contributed by atoms with Crippen LogP contribution in [0.15, 0.2) is 11.6 Å². The molecule has 0 aliphatic carbocycles. The molecule has 72 valence electrons. The van der Waals surface area contributed by atoms with Crippen molar-refractivity contribution in [1.29, 1.82) is 0 Å². The molecule has 0 saturated carbocycles. The average Bonchev–Trinajstić information content (AvgIpc) is 2.75. The summed E-state index contributed by atoms with van der Waals surface area (Å²) >= 11 is 1.43. The van der Waals surface area contributed by atoms with Gasteiger partial charge in [0.05, 0.1) is 11.6 Å². The van der Waals surface area contributed by atoms with Crippen LogP contribution in [0.25, 0.3) is 0 Å². The van der Waals surface area contributed by atoms with Gasteiger partial charge in [0.15, 0.2) is 0 Å². The summed E-state index contributed by atoms with van der Waals surface area (Å²) in [4.78, 5) is 2.44. The smallest absolute Gasteiger partial charge is 0.150 e. The van der Waals surface area contributed by atoms with Crippen molar-refractivity contribution < 1.29 is 4.74 Å². The van der Waals surface area contributed by atoms with E-state index in [1.807, 2.05) is 5.38 Å². The normalized spacial score (nSPS) is 17.8. The number of rotatable bonds is 4. The first-order valence-electron chi connectivity index (χ1n) is 4.70. The minimum absolute atomic E-state index is 0.790. The molecule has 1 fully saturated rings. The molecule has 0 radical (unpaired) electrons. The molecule has 1 aromatic rings. The van der Waals surface area contributed by atoms with E-state index in [2.05, 4.69) is 9.27 Å². The van der Waals surface area contributed by atoms with Crippen molar-refractivity contribution in [2.75, 3.05) is 26.2 Å². The second-order valence-electron chi connectivity index (χ2n) is 3.26. The zero-order chi connectivity index (χ0) is 8.93. The third-order valence-corrected chi connectivity index (χ3v) is 2.85. The van der Waals surface area contributed by atoms with Crippen molar-refractivity contribution in [3.63, 3.8) is 0 Å². The third-order valence-electron chi connectivity index (χ3n) is 2.28. The fourth-order valence-corrected chi connectivity index (χ4v) is 2.02. The summed E-state index contributed by atoms with van der Waals surface area (Å²) in [6.45, 7) is 4.32. The van der Waals surface area contributed by atoms with Crippen molar-refractivity contribution in [2.24, 2.45) is 0 Å². The Morgan fingerprint density at radius 2 is 2.31 bits per heavy atom. The van der Waals surface area contributed by atoms with Gasteiger partial charge in [-0.15, -0.1) is 0 Å². The fourth-order valence-electron chi connectivity index (χ4n) is 1.57. The first-order chi connectivity index (χ1) is 6.45. The number of ether oxygens (including phenoxy) is 1. The summed E-state index contributed by atoms with van der Waals surface area (Å²) < 4.78 is 9.49. The van der Waals surface area contributed by atoms with E-state index in [1.54, 1.807) is 6.20 Å². The Labute approximate surface area is 82.5 Å². The zero-order valence-corrected chi connectivity index (χ0v) is 8.42. The predicted molar refractivity (Wildman–Crippen MR) is 53.3 cm³/mol. The minimum Gasteiger partial charge on any atom is -0.490 e. The Bertz CT molecular complexity index is 232. The van der Waals surface area contributed by atoms with Crippen LogP contribution in [0, 0.1) is 0 Å². The van der Waals surface area contributed by atoms with Crippen LogP contribution in [0.4, 0.5) is 0 Å². The molecule has 4 heteroatoms. The molecule has 0 unspecified atom stereocenters. The highest BCUT2D eigenvalue weighted by molar-refractivity contribution is 7.03. The topological polar surface area (TPSA) is 25.4 Å². The lowest BCUT2D eigenvalue weighted by Crippen LogP contribution is -2.24. The van der Waals surface area contributed by atoms with E-state index in [9.17, 15) is 0 Å². The third kappa shape index (κ3) is 2.67. The second kappa shape index (κ2) is 4.58. The summed E-state index contributed by atoms with van der Waals surface area (Å²) in [5.74, 6) is 0.907. The molecule has 0 amide bonds. The van der Waals surface area contributed by atoms with E-state index < -0.39 is 0 Å². The van der Waals surface area contributed by atoms with Gasteiger partial charge in [-0.2, -0.15) is 4.37 Å². The monoisotopic (exact) mass is 198 g/mol. The molecule has 13 heavy (non-hydrogen) atoms. The lowest BCUT2D eigenvalue weighted by molar-refractivity contribution is 0.238. The molecule has 0 aromatic carbocycles. The van der Waals surface area contributed by atoms with Gasteiger partial charge in [-0.05, 0) is 37.5 Å². The summed E-state index contributed by atoms with van der Waals surface area (Å²) in [6, 6.07) is 0. The minimum atomic E-state index is 0.790. The van der Waals surface area contributed by atoms with Crippen LogP contribution in [0.5, 0.6) is 5.75 Å². The number of hydrogen-bond donors (Lipinski definition) is 0. The average molecular weight is 198 g/mol. The SMILES string of the molecule is c1nscc1OCCN1CCCC1. The van der Waals surface area contributed by atoms with Gasteiger partial charge in [-0.25, -0.2) is 0 Å². The number of aromatic nitrogens is 1. The first kappa shape index (κ1) is 8.97. The Kier molecular flexibility index (Phi) is 3.16. The molecular weight excluding hydrogens is 184 g/mol. The molecule has 0 atom stereocenters. The molecule has 0 spiro atoms.